The first-order valence-corrected chi connectivity index (χ1v) is 35.3. The van der Waals surface area contributed by atoms with Crippen LogP contribution in [0.4, 0.5) is 18.9 Å². The number of ether oxygens (including phenoxy) is 9. The number of amides is 3. The number of halogens is 6. The SMILES string of the molecule is C=CC(=O)NC1CCOCC1Cc1cc2c(cn1)CC(C(=O)c1c(F)c(OC)cc(OC)c1Cl)=N2.C=CC(=O)NC1CCOCC1Cc1cc2nc(C(=O)c3c(F)c(OC)cc(OC)c3Cl)sc2cn1.C=CC(=O)NC1CCOCC1Cc1cc2nc(C(C)(C)c3c(F)c(OC)cc(OC)c3Cl)oc2cn1. The zero-order valence-corrected chi connectivity index (χ0v) is 62.3. The number of pyridine rings is 3. The van der Waals surface area contributed by atoms with E-state index in [0.717, 1.165) is 34.0 Å². The average molecular weight is 1540 g/mol. The van der Waals surface area contributed by atoms with Gasteiger partial charge >= 0.3 is 0 Å². The molecule has 0 aliphatic carbocycles. The van der Waals surface area contributed by atoms with E-state index in [1.54, 1.807) is 44.6 Å². The Balaban J connectivity index is 0.000000170. The summed E-state index contributed by atoms with van der Waals surface area (Å²) in [5.41, 5.74) is 3.74. The number of Topliss-reactive ketones (excluding diaryl/α,β-unsaturated/α-hetero) is 1. The van der Waals surface area contributed by atoms with Crippen LogP contribution in [0.3, 0.4) is 0 Å². The molecule has 3 fully saturated rings. The molecule has 106 heavy (non-hydrogen) atoms. The van der Waals surface area contributed by atoms with Gasteiger partial charge in [-0.25, -0.2) is 28.1 Å². The lowest BCUT2D eigenvalue weighted by atomic mass is 9.83. The quantitative estimate of drug-likeness (QED) is 0.0374. The molecule has 0 bridgehead atoms. The maximum absolute atomic E-state index is 15.4. The predicted octanol–water partition coefficient (Wildman–Crippen LogP) is 12.2. The van der Waals surface area contributed by atoms with Crippen molar-refractivity contribution in [3.63, 3.8) is 0 Å². The fourth-order valence-electron chi connectivity index (χ4n) is 12.8. The Kier molecular flexibility index (Phi) is 26.3. The van der Waals surface area contributed by atoms with Crippen LogP contribution >= 0.6 is 46.1 Å². The highest BCUT2D eigenvalue weighted by Crippen LogP contribution is 2.46. The first-order valence-electron chi connectivity index (χ1n) is 33.4. The van der Waals surface area contributed by atoms with Gasteiger partial charge in [0.15, 0.2) is 45.3 Å². The lowest BCUT2D eigenvalue weighted by Gasteiger charge is -2.31. The zero-order valence-electron chi connectivity index (χ0n) is 59.2. The fraction of sp³-hybridized carbons (Fsp3) is 0.373. The molecule has 0 spiro atoms. The number of hydrogen-bond acceptors (Lipinski definition) is 22. The molecule has 0 radical (unpaired) electrons. The molecule has 24 nitrogen and oxygen atoms in total. The van der Waals surface area contributed by atoms with Crippen molar-refractivity contribution in [3.8, 4) is 34.5 Å². The molecule has 12 rings (SSSR count). The van der Waals surface area contributed by atoms with E-state index in [4.69, 9.17) is 81.9 Å². The third-order valence-corrected chi connectivity index (χ3v) is 20.6. The number of carbonyl (C=O) groups is 5. The molecular formula is C75H77Cl3F3N9O15S. The number of benzene rings is 3. The molecule has 8 aromatic rings. The minimum absolute atomic E-state index is 0.00666. The summed E-state index contributed by atoms with van der Waals surface area (Å²) in [6.07, 6.45) is 12.6. The van der Waals surface area contributed by atoms with Crippen molar-refractivity contribution in [2.45, 2.75) is 82.3 Å². The maximum atomic E-state index is 15.4. The average Bonchev–Trinajstić information content (AvgIpc) is 1.40. The summed E-state index contributed by atoms with van der Waals surface area (Å²) in [5.74, 6) is -3.76. The lowest BCUT2D eigenvalue weighted by molar-refractivity contribution is -0.119. The van der Waals surface area contributed by atoms with Crippen LogP contribution in [0.1, 0.15) is 92.9 Å². The van der Waals surface area contributed by atoms with Crippen LogP contribution in [-0.4, -0.2) is 160 Å². The number of methoxy groups -OCH3 is 6. The van der Waals surface area contributed by atoms with Gasteiger partial charge in [0, 0.05) is 121 Å². The molecule has 31 heteroatoms. The van der Waals surface area contributed by atoms with Crippen molar-refractivity contribution in [3.05, 3.63) is 176 Å². The Morgan fingerprint density at radius 1 is 0.557 bits per heavy atom. The van der Waals surface area contributed by atoms with Gasteiger partial charge in [-0.2, -0.15) is 0 Å². The monoisotopic (exact) mass is 1540 g/mol. The highest BCUT2D eigenvalue weighted by atomic mass is 35.5. The van der Waals surface area contributed by atoms with Gasteiger partial charge < -0.3 is 63.0 Å². The number of nitrogens with zero attached hydrogens (tertiary/aromatic N) is 6. The third-order valence-electron chi connectivity index (χ3n) is 18.5. The molecule has 4 aliphatic heterocycles. The standard InChI is InChI=1S/C26H29ClFN3O5.C25H25ClFN3O5.C24H23ClFN3O5S/c1-6-21(32)30-16-7-8-35-13-14(16)9-15-10-17-20(12-29-15)36-25(31-17)26(2,3)22-23(27)18(33-4)11-19(34-5)24(22)28;1-4-21(31)30-16-5-6-35-12-14(16)7-15-9-17-13(11-28-15)8-18(29-17)25(32)22-23(26)19(33-2)10-20(34-3)24(22)27;1-4-19(30)28-14-5-6-34-11-12(14)7-13-8-15-18(10-27-13)35-24(29-15)23(31)20-21(25)16(32-2)9-17(33-3)22(20)26/h6,10-12,14,16H,1,7-9,13H2,2-5H3,(H,30,32);4,9-11,14,16H,1,5-8,12H2,2-3H3,(H,30,31);4,8-10,12,14H,1,5-7,11H2,2-3H3,(H,28,30). The molecule has 3 aromatic carbocycles. The molecular weight excluding hydrogens is 1460 g/mol. The predicted molar refractivity (Wildman–Crippen MR) is 392 cm³/mol. The second-order valence-corrected chi connectivity index (χ2v) is 27.6. The number of ketones is 2. The third kappa shape index (κ3) is 17.6. The molecule has 4 aliphatic rings. The van der Waals surface area contributed by atoms with Crippen LogP contribution in [0, 0.1) is 35.2 Å². The summed E-state index contributed by atoms with van der Waals surface area (Å²) < 4.78 is 99.7. The highest BCUT2D eigenvalue weighted by molar-refractivity contribution is 7.20. The van der Waals surface area contributed by atoms with Crippen molar-refractivity contribution in [2.75, 3.05) is 82.3 Å². The van der Waals surface area contributed by atoms with Gasteiger partial charge in [-0.05, 0) is 88.8 Å². The molecule has 0 saturated carbocycles. The maximum Gasteiger partial charge on any atom is 0.243 e. The number of aromatic nitrogens is 5. The van der Waals surface area contributed by atoms with Gasteiger partial charge in [0.1, 0.15) is 22.8 Å². The number of thiazole rings is 1. The molecule has 5 aromatic heterocycles. The summed E-state index contributed by atoms with van der Waals surface area (Å²) in [6, 6.07) is 9.24. The lowest BCUT2D eigenvalue weighted by Crippen LogP contribution is -2.45. The van der Waals surface area contributed by atoms with E-state index in [1.165, 1.54) is 79.1 Å². The van der Waals surface area contributed by atoms with Crippen LogP contribution in [-0.2, 0) is 59.7 Å². The molecule has 3 amide bonds. The van der Waals surface area contributed by atoms with E-state index in [9.17, 15) is 32.8 Å². The minimum atomic E-state index is -1.06. The van der Waals surface area contributed by atoms with Crippen molar-refractivity contribution in [2.24, 2.45) is 22.7 Å². The van der Waals surface area contributed by atoms with Crippen LogP contribution in [0.25, 0.3) is 21.3 Å². The molecule has 3 N–H and O–H groups in total. The molecule has 9 heterocycles. The second kappa shape index (κ2) is 35.2. The van der Waals surface area contributed by atoms with Gasteiger partial charge in [0.05, 0.1) is 122 Å². The van der Waals surface area contributed by atoms with E-state index < -0.39 is 34.4 Å². The first-order chi connectivity index (χ1) is 50.9. The second-order valence-electron chi connectivity index (χ2n) is 25.4. The van der Waals surface area contributed by atoms with Crippen molar-refractivity contribution in [1.29, 1.82) is 0 Å². The Bertz CT molecular complexity index is 4650. The van der Waals surface area contributed by atoms with Crippen molar-refractivity contribution in [1.82, 2.24) is 40.9 Å². The number of fused-ring (bicyclic) bond motifs is 3. The minimum Gasteiger partial charge on any atom is -0.495 e. The Morgan fingerprint density at radius 3 is 1.45 bits per heavy atom. The number of rotatable bonds is 24. The van der Waals surface area contributed by atoms with E-state index in [0.29, 0.717) is 105 Å². The van der Waals surface area contributed by atoms with Gasteiger partial charge in [0.2, 0.25) is 35.2 Å². The highest BCUT2D eigenvalue weighted by Gasteiger charge is 2.39. The van der Waals surface area contributed by atoms with E-state index >= 15 is 4.39 Å². The van der Waals surface area contributed by atoms with Gasteiger partial charge in [0.25, 0.3) is 0 Å². The zero-order chi connectivity index (χ0) is 76.3. The largest absolute Gasteiger partial charge is 0.495 e. The van der Waals surface area contributed by atoms with Crippen LogP contribution in [0.5, 0.6) is 34.5 Å². The normalized spacial score (nSPS) is 18.3. The van der Waals surface area contributed by atoms with E-state index in [2.05, 4.69) is 65.6 Å². The van der Waals surface area contributed by atoms with E-state index in [1.807, 2.05) is 6.07 Å². The van der Waals surface area contributed by atoms with Crippen molar-refractivity contribution >= 4 is 108 Å². The van der Waals surface area contributed by atoms with E-state index in [-0.39, 0.29) is 143 Å². The Morgan fingerprint density at radius 2 is 0.981 bits per heavy atom. The Hall–Kier alpha value is -9.55. The van der Waals surface area contributed by atoms with Crippen LogP contribution in [0.15, 0.2) is 102 Å². The number of nitrogens with one attached hydrogen (secondary N) is 3. The van der Waals surface area contributed by atoms with Crippen LogP contribution in [0.2, 0.25) is 15.1 Å². The van der Waals surface area contributed by atoms with Gasteiger partial charge in [-0.1, -0.05) is 54.5 Å². The van der Waals surface area contributed by atoms with Crippen LogP contribution < -0.4 is 44.4 Å². The summed E-state index contributed by atoms with van der Waals surface area (Å²) in [6.45, 7) is 17.3. The summed E-state index contributed by atoms with van der Waals surface area (Å²) in [4.78, 5) is 88.9. The Labute approximate surface area is 627 Å². The number of oxazole rings is 1. The topological polar surface area (TPSA) is 294 Å². The first kappa shape index (κ1) is 79.0. The molecule has 6 unspecified atom stereocenters. The fourth-order valence-corrected chi connectivity index (χ4v) is 14.7. The number of hydrogen-bond donors (Lipinski definition) is 3. The molecule has 3 saturated heterocycles. The number of carbonyl (C=O) groups excluding carboxylic acids is 5. The van der Waals surface area contributed by atoms with Crippen molar-refractivity contribution < 1.29 is 84.2 Å². The van der Waals surface area contributed by atoms with Gasteiger partial charge in [-0.15, -0.1) is 11.3 Å². The number of aliphatic imine (C=N–C) groups is 1. The summed E-state index contributed by atoms with van der Waals surface area (Å²) in [5, 5.41) is 8.77. The summed E-state index contributed by atoms with van der Waals surface area (Å²) >= 11 is 20.1. The molecule has 560 valence electrons. The smallest absolute Gasteiger partial charge is 0.243 e. The molecule has 6 atom stereocenters. The van der Waals surface area contributed by atoms with Gasteiger partial charge in [-0.3, -0.25) is 38.9 Å². The summed E-state index contributed by atoms with van der Waals surface area (Å²) in [7, 11) is 8.14.